The van der Waals surface area contributed by atoms with Gasteiger partial charge in [-0.2, -0.15) is 5.10 Å². The first-order valence-corrected chi connectivity index (χ1v) is 8.44. The highest BCUT2D eigenvalue weighted by Gasteiger charge is 2.33. The van der Waals surface area contributed by atoms with E-state index >= 15 is 0 Å². The summed E-state index contributed by atoms with van der Waals surface area (Å²) >= 11 is 0. The maximum Gasteiger partial charge on any atom is 0.257 e. The molecular formula is C17H26N6O. The molecule has 7 heteroatoms. The molecule has 1 saturated heterocycles. The van der Waals surface area contributed by atoms with Crippen molar-refractivity contribution >= 4 is 5.91 Å². The lowest BCUT2D eigenvalue weighted by Gasteiger charge is -2.40. The van der Waals surface area contributed by atoms with Gasteiger partial charge in [0.2, 0.25) is 0 Å². The maximum absolute atomic E-state index is 13.1. The Kier molecular flexibility index (Phi) is 4.45. The first-order chi connectivity index (χ1) is 11.4. The molecular weight excluding hydrogens is 304 g/mol. The second kappa shape index (κ2) is 6.39. The highest BCUT2D eigenvalue weighted by Crippen LogP contribution is 2.25. The Morgan fingerprint density at radius 2 is 2.04 bits per heavy atom. The van der Waals surface area contributed by atoms with Gasteiger partial charge in [0.1, 0.15) is 5.82 Å². The monoisotopic (exact) mass is 330 g/mol. The average molecular weight is 330 g/mol. The van der Waals surface area contributed by atoms with Gasteiger partial charge < -0.3 is 9.47 Å². The van der Waals surface area contributed by atoms with Crippen LogP contribution >= 0.6 is 0 Å². The minimum absolute atomic E-state index is 0.0769. The SMILES string of the molecule is CCN1CCN(C(=O)c2c(C)nn(C)c2C)C[C@H]1c1nccn1C. The molecule has 3 rings (SSSR count). The minimum atomic E-state index is 0.0769. The molecule has 1 atom stereocenters. The molecule has 0 radical (unpaired) electrons. The Morgan fingerprint density at radius 1 is 1.29 bits per heavy atom. The smallest absolute Gasteiger partial charge is 0.257 e. The van der Waals surface area contributed by atoms with Gasteiger partial charge >= 0.3 is 0 Å². The summed E-state index contributed by atoms with van der Waals surface area (Å²) in [6, 6.07) is 0.130. The molecule has 0 N–H and O–H groups in total. The predicted molar refractivity (Wildman–Crippen MR) is 91.8 cm³/mol. The fourth-order valence-corrected chi connectivity index (χ4v) is 3.57. The number of amides is 1. The zero-order chi connectivity index (χ0) is 17.4. The third kappa shape index (κ3) is 2.73. The van der Waals surface area contributed by atoms with E-state index in [4.69, 9.17) is 0 Å². The Morgan fingerprint density at radius 3 is 2.58 bits per heavy atom. The number of hydrogen-bond donors (Lipinski definition) is 0. The van der Waals surface area contributed by atoms with Crippen LogP contribution in [-0.2, 0) is 14.1 Å². The van der Waals surface area contributed by atoms with Crippen LogP contribution in [0.5, 0.6) is 0 Å². The number of carbonyl (C=O) groups is 1. The molecule has 0 unspecified atom stereocenters. The van der Waals surface area contributed by atoms with E-state index in [2.05, 4.69) is 21.9 Å². The molecule has 3 heterocycles. The van der Waals surface area contributed by atoms with Gasteiger partial charge in [0.15, 0.2) is 0 Å². The number of imidazole rings is 1. The third-order valence-corrected chi connectivity index (χ3v) is 5.06. The largest absolute Gasteiger partial charge is 0.337 e. The Labute approximate surface area is 142 Å². The number of aromatic nitrogens is 4. The van der Waals surface area contributed by atoms with Crippen LogP contribution in [0, 0.1) is 13.8 Å². The van der Waals surface area contributed by atoms with Crippen LogP contribution in [0.25, 0.3) is 0 Å². The quantitative estimate of drug-likeness (QED) is 0.851. The second-order valence-corrected chi connectivity index (χ2v) is 6.46. The third-order valence-electron chi connectivity index (χ3n) is 5.06. The van der Waals surface area contributed by atoms with Gasteiger partial charge in [-0.15, -0.1) is 0 Å². The summed E-state index contributed by atoms with van der Waals surface area (Å²) in [4.78, 5) is 21.9. The van der Waals surface area contributed by atoms with Crippen molar-refractivity contribution in [3.63, 3.8) is 0 Å². The van der Waals surface area contributed by atoms with Crippen LogP contribution in [0.3, 0.4) is 0 Å². The molecule has 130 valence electrons. The maximum atomic E-state index is 13.1. The van der Waals surface area contributed by atoms with Crippen molar-refractivity contribution < 1.29 is 4.79 Å². The number of hydrogen-bond acceptors (Lipinski definition) is 4. The summed E-state index contributed by atoms with van der Waals surface area (Å²) in [6.45, 7) is 9.21. The molecule has 2 aromatic heterocycles. The number of nitrogens with zero attached hydrogens (tertiary/aromatic N) is 6. The summed E-state index contributed by atoms with van der Waals surface area (Å²) in [5, 5.41) is 4.38. The zero-order valence-corrected chi connectivity index (χ0v) is 15.2. The molecule has 0 bridgehead atoms. The summed E-state index contributed by atoms with van der Waals surface area (Å²) in [6.07, 6.45) is 3.78. The van der Waals surface area contributed by atoms with Gasteiger partial charge in [-0.1, -0.05) is 6.92 Å². The fourth-order valence-electron chi connectivity index (χ4n) is 3.57. The van der Waals surface area contributed by atoms with Crippen molar-refractivity contribution in [3.8, 4) is 0 Å². The highest BCUT2D eigenvalue weighted by molar-refractivity contribution is 5.96. The number of likely N-dealkylation sites (N-methyl/N-ethyl adjacent to an activating group) is 1. The molecule has 2 aromatic rings. The lowest BCUT2D eigenvalue weighted by atomic mass is 10.1. The van der Waals surface area contributed by atoms with Crippen LogP contribution in [0.2, 0.25) is 0 Å². The second-order valence-electron chi connectivity index (χ2n) is 6.46. The van der Waals surface area contributed by atoms with Gasteiger partial charge in [0, 0.05) is 51.8 Å². The molecule has 0 aromatic carbocycles. The van der Waals surface area contributed by atoms with Crippen LogP contribution in [0.4, 0.5) is 0 Å². The molecule has 1 fully saturated rings. The molecule has 7 nitrogen and oxygen atoms in total. The molecule has 0 aliphatic carbocycles. The van der Waals surface area contributed by atoms with Crippen molar-refractivity contribution in [3.05, 3.63) is 35.2 Å². The Balaban J connectivity index is 1.88. The van der Waals surface area contributed by atoms with E-state index in [0.717, 1.165) is 42.4 Å². The van der Waals surface area contributed by atoms with E-state index in [1.807, 2.05) is 49.8 Å². The van der Waals surface area contributed by atoms with Gasteiger partial charge in [0.25, 0.3) is 5.91 Å². The Hall–Kier alpha value is -2.15. The van der Waals surface area contributed by atoms with Crippen molar-refractivity contribution in [2.45, 2.75) is 26.8 Å². The molecule has 0 spiro atoms. The molecule has 24 heavy (non-hydrogen) atoms. The van der Waals surface area contributed by atoms with Crippen LogP contribution in [0.15, 0.2) is 12.4 Å². The predicted octanol–water partition coefficient (Wildman–Crippen LogP) is 1.29. The normalized spacial score (nSPS) is 19.0. The number of piperazine rings is 1. The van der Waals surface area contributed by atoms with Crippen molar-refractivity contribution in [2.24, 2.45) is 14.1 Å². The first-order valence-electron chi connectivity index (χ1n) is 8.44. The lowest BCUT2D eigenvalue weighted by molar-refractivity contribution is 0.0471. The summed E-state index contributed by atoms with van der Waals surface area (Å²) in [5.74, 6) is 1.09. The molecule has 1 amide bonds. The van der Waals surface area contributed by atoms with Crippen molar-refractivity contribution in [1.82, 2.24) is 29.1 Å². The number of aryl methyl sites for hydroxylation is 3. The van der Waals surface area contributed by atoms with E-state index < -0.39 is 0 Å². The van der Waals surface area contributed by atoms with E-state index in [-0.39, 0.29) is 11.9 Å². The van der Waals surface area contributed by atoms with Crippen molar-refractivity contribution in [2.75, 3.05) is 26.2 Å². The Bertz CT molecular complexity index is 746. The van der Waals surface area contributed by atoms with E-state index in [1.165, 1.54) is 0 Å². The van der Waals surface area contributed by atoms with E-state index in [9.17, 15) is 4.79 Å². The summed E-state index contributed by atoms with van der Waals surface area (Å²) < 4.78 is 3.82. The molecule has 0 saturated carbocycles. The first kappa shape index (κ1) is 16.7. The topological polar surface area (TPSA) is 59.2 Å². The molecule has 1 aliphatic heterocycles. The van der Waals surface area contributed by atoms with Gasteiger partial charge in [-0.25, -0.2) is 4.98 Å². The molecule has 1 aliphatic rings. The van der Waals surface area contributed by atoms with Crippen molar-refractivity contribution in [1.29, 1.82) is 0 Å². The summed E-state index contributed by atoms with van der Waals surface area (Å²) in [7, 11) is 3.89. The highest BCUT2D eigenvalue weighted by atomic mass is 16.2. The van der Waals surface area contributed by atoms with E-state index in [0.29, 0.717) is 6.54 Å². The zero-order valence-electron chi connectivity index (χ0n) is 15.2. The number of rotatable bonds is 3. The van der Waals surface area contributed by atoms with E-state index in [1.54, 1.807) is 4.68 Å². The minimum Gasteiger partial charge on any atom is -0.337 e. The lowest BCUT2D eigenvalue weighted by Crippen LogP contribution is -2.51. The standard InChI is InChI=1S/C17H26N6O/c1-6-22-9-10-23(11-14(22)16-18-7-8-20(16)4)17(24)15-12(2)19-21(5)13(15)3/h7-8,14H,6,9-11H2,1-5H3/t14-/m0/s1. The van der Waals surface area contributed by atoms with Crippen LogP contribution in [0.1, 0.15) is 40.5 Å². The van der Waals surface area contributed by atoms with Gasteiger partial charge in [-0.05, 0) is 20.4 Å². The average Bonchev–Trinajstić information content (AvgIpc) is 3.09. The van der Waals surface area contributed by atoms with Gasteiger partial charge in [0.05, 0.1) is 17.3 Å². The number of carbonyl (C=O) groups excluding carboxylic acids is 1. The fraction of sp³-hybridized carbons (Fsp3) is 0.588. The van der Waals surface area contributed by atoms with Crippen LogP contribution < -0.4 is 0 Å². The van der Waals surface area contributed by atoms with Gasteiger partial charge in [-0.3, -0.25) is 14.4 Å². The summed E-state index contributed by atoms with van der Waals surface area (Å²) in [5.41, 5.74) is 2.46. The van der Waals surface area contributed by atoms with Crippen LogP contribution in [-0.4, -0.2) is 61.2 Å².